The number of carbonyl (C=O) groups excluding carboxylic acids is 1. The van der Waals surface area contributed by atoms with E-state index in [1.54, 1.807) is 24.7 Å². The van der Waals surface area contributed by atoms with Crippen molar-refractivity contribution in [3.8, 4) is 17.0 Å². The van der Waals surface area contributed by atoms with E-state index in [4.69, 9.17) is 4.74 Å². The van der Waals surface area contributed by atoms with Crippen LogP contribution >= 0.6 is 0 Å². The van der Waals surface area contributed by atoms with E-state index in [2.05, 4.69) is 9.97 Å². The average Bonchev–Trinajstić information content (AvgIpc) is 2.39. The lowest BCUT2D eigenvalue weighted by atomic mass is 10.1. The van der Waals surface area contributed by atoms with Gasteiger partial charge in [-0.2, -0.15) is 0 Å². The van der Waals surface area contributed by atoms with Gasteiger partial charge >= 0.3 is 0 Å². The second kappa shape index (κ2) is 4.53. The summed E-state index contributed by atoms with van der Waals surface area (Å²) in [5, 5.41) is 0. The van der Waals surface area contributed by atoms with Gasteiger partial charge in [0, 0.05) is 41.3 Å². The van der Waals surface area contributed by atoms with Crippen molar-refractivity contribution in [2.75, 3.05) is 7.11 Å². The number of rotatable bonds is 3. The van der Waals surface area contributed by atoms with Crippen LogP contribution in [0, 0.1) is 0 Å². The van der Waals surface area contributed by atoms with Gasteiger partial charge in [0.2, 0.25) is 5.88 Å². The molecular weight excluding hydrogens is 204 g/mol. The molecule has 0 saturated heterocycles. The molecule has 2 rings (SSSR count). The normalized spacial score (nSPS) is 9.81. The van der Waals surface area contributed by atoms with Gasteiger partial charge in [-0.15, -0.1) is 0 Å². The molecule has 0 atom stereocenters. The lowest BCUT2D eigenvalue weighted by Gasteiger charge is -2.05. The van der Waals surface area contributed by atoms with Crippen LogP contribution in [-0.4, -0.2) is 23.4 Å². The Morgan fingerprint density at radius 3 is 2.88 bits per heavy atom. The number of aromatic nitrogens is 2. The second-order valence-electron chi connectivity index (χ2n) is 3.17. The summed E-state index contributed by atoms with van der Waals surface area (Å²) < 4.78 is 4.96. The number of methoxy groups -OCH3 is 1. The number of ether oxygens (including phenoxy) is 1. The van der Waals surface area contributed by atoms with Crippen molar-refractivity contribution < 1.29 is 9.53 Å². The predicted molar refractivity (Wildman–Crippen MR) is 59.4 cm³/mol. The minimum Gasteiger partial charge on any atom is -0.481 e. The van der Waals surface area contributed by atoms with Crippen LogP contribution < -0.4 is 4.74 Å². The van der Waals surface area contributed by atoms with Gasteiger partial charge in [0.1, 0.15) is 0 Å². The Kier molecular flexibility index (Phi) is 2.91. The Bertz CT molecular complexity index is 498. The third-order valence-corrected chi connectivity index (χ3v) is 2.22. The Labute approximate surface area is 92.9 Å². The van der Waals surface area contributed by atoms with Gasteiger partial charge in [-0.1, -0.05) is 6.07 Å². The first-order valence-corrected chi connectivity index (χ1v) is 4.74. The number of pyridine rings is 2. The first-order chi connectivity index (χ1) is 7.85. The molecule has 0 fully saturated rings. The fraction of sp³-hybridized carbons (Fsp3) is 0.0833. The summed E-state index contributed by atoms with van der Waals surface area (Å²) in [6, 6.07) is 5.30. The van der Waals surface area contributed by atoms with Crippen LogP contribution in [0.25, 0.3) is 11.1 Å². The van der Waals surface area contributed by atoms with Crippen LogP contribution in [0.4, 0.5) is 0 Å². The van der Waals surface area contributed by atoms with Crippen molar-refractivity contribution in [3.05, 3.63) is 42.4 Å². The maximum atomic E-state index is 11.0. The highest BCUT2D eigenvalue weighted by Crippen LogP contribution is 2.23. The molecule has 2 aromatic rings. The zero-order chi connectivity index (χ0) is 11.4. The van der Waals surface area contributed by atoms with Crippen molar-refractivity contribution in [2.24, 2.45) is 0 Å². The number of carbonyl (C=O) groups is 1. The molecule has 2 heterocycles. The molecule has 4 heteroatoms. The standard InChI is InChI=1S/C12H10N2O2/c1-16-12-5-10(8-15)11(7-14-12)9-3-2-4-13-6-9/h2-8H,1H3. The second-order valence-corrected chi connectivity index (χ2v) is 3.17. The van der Waals surface area contributed by atoms with E-state index in [9.17, 15) is 4.79 Å². The Morgan fingerprint density at radius 1 is 1.38 bits per heavy atom. The lowest BCUT2D eigenvalue weighted by Crippen LogP contribution is -1.93. The molecule has 0 aliphatic carbocycles. The lowest BCUT2D eigenvalue weighted by molar-refractivity contribution is 0.112. The summed E-state index contributed by atoms with van der Waals surface area (Å²) in [6.45, 7) is 0. The van der Waals surface area contributed by atoms with Crippen molar-refractivity contribution in [2.45, 2.75) is 0 Å². The molecule has 0 amide bonds. The molecule has 0 aliphatic rings. The van der Waals surface area contributed by atoms with Crippen LogP contribution in [0.1, 0.15) is 10.4 Å². The summed E-state index contributed by atoms with van der Waals surface area (Å²) in [7, 11) is 1.51. The summed E-state index contributed by atoms with van der Waals surface area (Å²) >= 11 is 0. The highest BCUT2D eigenvalue weighted by Gasteiger charge is 2.06. The highest BCUT2D eigenvalue weighted by atomic mass is 16.5. The van der Waals surface area contributed by atoms with Crippen LogP contribution in [0.2, 0.25) is 0 Å². The minimum atomic E-state index is 0.426. The Hall–Kier alpha value is -2.23. The fourth-order valence-electron chi connectivity index (χ4n) is 1.42. The number of nitrogens with zero attached hydrogens (tertiary/aromatic N) is 2. The van der Waals surface area contributed by atoms with Crippen LogP contribution in [0.3, 0.4) is 0 Å². The summed E-state index contributed by atoms with van der Waals surface area (Å²) in [5.74, 6) is 0.426. The van der Waals surface area contributed by atoms with Crippen molar-refractivity contribution in [3.63, 3.8) is 0 Å². The van der Waals surface area contributed by atoms with E-state index < -0.39 is 0 Å². The third kappa shape index (κ3) is 1.91. The molecule has 2 aromatic heterocycles. The minimum absolute atomic E-state index is 0.426. The Balaban J connectivity index is 2.53. The third-order valence-electron chi connectivity index (χ3n) is 2.22. The van der Waals surface area contributed by atoms with Crippen LogP contribution in [0.5, 0.6) is 5.88 Å². The van der Waals surface area contributed by atoms with E-state index in [-0.39, 0.29) is 0 Å². The summed E-state index contributed by atoms with van der Waals surface area (Å²) in [5.41, 5.74) is 2.16. The van der Waals surface area contributed by atoms with Gasteiger partial charge in [-0.25, -0.2) is 4.98 Å². The molecule has 0 saturated carbocycles. The molecule has 0 spiro atoms. The van der Waals surface area contributed by atoms with E-state index in [0.29, 0.717) is 11.4 Å². The maximum Gasteiger partial charge on any atom is 0.213 e. The quantitative estimate of drug-likeness (QED) is 0.733. The molecule has 80 valence electrons. The van der Waals surface area contributed by atoms with Crippen LogP contribution in [-0.2, 0) is 0 Å². The molecule has 0 aromatic carbocycles. The summed E-state index contributed by atoms with van der Waals surface area (Å²) in [4.78, 5) is 19.0. The molecular formula is C12H10N2O2. The van der Waals surface area contributed by atoms with E-state index in [1.807, 2.05) is 12.1 Å². The molecule has 0 bridgehead atoms. The van der Waals surface area contributed by atoms with E-state index in [1.165, 1.54) is 7.11 Å². The van der Waals surface area contributed by atoms with E-state index in [0.717, 1.165) is 17.4 Å². The Morgan fingerprint density at radius 2 is 2.25 bits per heavy atom. The largest absolute Gasteiger partial charge is 0.481 e. The zero-order valence-electron chi connectivity index (χ0n) is 8.75. The number of hydrogen-bond donors (Lipinski definition) is 0. The van der Waals surface area contributed by atoms with Gasteiger partial charge < -0.3 is 4.74 Å². The predicted octanol–water partition coefficient (Wildman–Crippen LogP) is 1.96. The zero-order valence-corrected chi connectivity index (χ0v) is 8.75. The molecule has 0 N–H and O–H groups in total. The molecule has 0 unspecified atom stereocenters. The van der Waals surface area contributed by atoms with Gasteiger partial charge in [0.05, 0.1) is 7.11 Å². The van der Waals surface area contributed by atoms with Crippen molar-refractivity contribution in [1.82, 2.24) is 9.97 Å². The smallest absolute Gasteiger partial charge is 0.213 e. The fourth-order valence-corrected chi connectivity index (χ4v) is 1.42. The maximum absolute atomic E-state index is 11.0. The SMILES string of the molecule is COc1cc(C=O)c(-c2cccnc2)cn1. The average molecular weight is 214 g/mol. The van der Waals surface area contributed by atoms with Crippen molar-refractivity contribution >= 4 is 6.29 Å². The first kappa shape index (κ1) is 10.3. The molecule has 16 heavy (non-hydrogen) atoms. The van der Waals surface area contributed by atoms with Crippen molar-refractivity contribution in [1.29, 1.82) is 0 Å². The monoisotopic (exact) mass is 214 g/mol. The highest BCUT2D eigenvalue weighted by molar-refractivity contribution is 5.87. The number of hydrogen-bond acceptors (Lipinski definition) is 4. The van der Waals surface area contributed by atoms with Crippen LogP contribution in [0.15, 0.2) is 36.8 Å². The molecule has 4 nitrogen and oxygen atoms in total. The van der Waals surface area contributed by atoms with Gasteiger partial charge in [0.25, 0.3) is 0 Å². The first-order valence-electron chi connectivity index (χ1n) is 4.74. The van der Waals surface area contributed by atoms with E-state index >= 15 is 0 Å². The van der Waals surface area contributed by atoms with Gasteiger partial charge in [0.15, 0.2) is 6.29 Å². The topological polar surface area (TPSA) is 52.1 Å². The number of aldehydes is 1. The summed E-state index contributed by atoms with van der Waals surface area (Å²) in [6.07, 6.45) is 5.77. The molecule has 0 aliphatic heterocycles. The van der Waals surface area contributed by atoms with Gasteiger partial charge in [-0.3, -0.25) is 9.78 Å². The molecule has 0 radical (unpaired) electrons. The van der Waals surface area contributed by atoms with Gasteiger partial charge in [-0.05, 0) is 6.07 Å².